The molecule has 0 radical (unpaired) electrons. The molecule has 0 amide bonds. The molecule has 4 aromatic rings. The molecule has 1 aromatic carbocycles. The number of nitrogen functional groups attached to an aromatic ring is 1. The summed E-state index contributed by atoms with van der Waals surface area (Å²) in [6, 6.07) is 8.57. The van der Waals surface area contributed by atoms with Crippen molar-refractivity contribution in [2.45, 2.75) is 38.8 Å². The maximum atomic E-state index is 11.0. The number of benzene rings is 1. The van der Waals surface area contributed by atoms with Crippen LogP contribution in [-0.2, 0) is 21.6 Å². The van der Waals surface area contributed by atoms with Crippen molar-refractivity contribution >= 4 is 11.9 Å². The zero-order valence-electron chi connectivity index (χ0n) is 19.3. The molecule has 2 N–H and O–H groups in total. The molecule has 5 rings (SSSR count). The van der Waals surface area contributed by atoms with Crippen LogP contribution in [-0.4, -0.2) is 41.9 Å². The predicted octanol–water partition coefficient (Wildman–Crippen LogP) is 3.52. The lowest BCUT2D eigenvalue weighted by Crippen LogP contribution is -2.33. The van der Waals surface area contributed by atoms with E-state index in [0.29, 0.717) is 19.1 Å². The Hall–Kier alpha value is -4.01. The Balaban J connectivity index is 1.38. The van der Waals surface area contributed by atoms with Crippen LogP contribution in [0.3, 0.4) is 0 Å². The van der Waals surface area contributed by atoms with Crippen molar-refractivity contribution in [2.75, 3.05) is 12.3 Å². The fourth-order valence-corrected chi connectivity index (χ4v) is 4.36. The molecule has 3 aromatic heterocycles. The molecule has 1 aliphatic carbocycles. The van der Waals surface area contributed by atoms with Crippen LogP contribution >= 0.6 is 0 Å². The van der Waals surface area contributed by atoms with Gasteiger partial charge in [-0.2, -0.15) is 5.10 Å². The van der Waals surface area contributed by atoms with Crippen LogP contribution in [0, 0.1) is 5.92 Å². The lowest BCUT2D eigenvalue weighted by atomic mass is 9.86. The average Bonchev–Trinajstić information content (AvgIpc) is 3.39. The first-order valence-electron chi connectivity index (χ1n) is 11.3. The SMILES string of the molecule is CC(=O)OCCn1cc(-c2cn([C@@](C)(c3ccc(-c4cnc(N)nc4)cc3)C3CC3)cn2)cn1. The molecular weight excluding hydrogens is 430 g/mol. The number of hydrogen-bond donors (Lipinski definition) is 1. The fraction of sp³-hybridized carbons (Fsp3) is 0.320. The van der Waals surface area contributed by atoms with Crippen LogP contribution in [0.15, 0.2) is 61.6 Å². The van der Waals surface area contributed by atoms with Gasteiger partial charge < -0.3 is 15.0 Å². The Bertz CT molecular complexity index is 1290. The Morgan fingerprint density at radius 3 is 2.47 bits per heavy atom. The van der Waals surface area contributed by atoms with Crippen LogP contribution in [0.25, 0.3) is 22.4 Å². The normalized spacial score (nSPS) is 15.1. The highest BCUT2D eigenvalue weighted by atomic mass is 16.5. The lowest BCUT2D eigenvalue weighted by Gasteiger charge is -2.32. The third-order valence-corrected chi connectivity index (χ3v) is 6.52. The fourth-order valence-electron chi connectivity index (χ4n) is 4.36. The summed E-state index contributed by atoms with van der Waals surface area (Å²) in [4.78, 5) is 23.8. The van der Waals surface area contributed by atoms with E-state index in [1.54, 1.807) is 23.3 Å². The van der Waals surface area contributed by atoms with Gasteiger partial charge in [0.05, 0.1) is 30.3 Å². The van der Waals surface area contributed by atoms with Crippen LogP contribution in [0.5, 0.6) is 0 Å². The number of hydrogen-bond acceptors (Lipinski definition) is 7. The minimum Gasteiger partial charge on any atom is -0.464 e. The van der Waals surface area contributed by atoms with Crippen LogP contribution in [0.1, 0.15) is 32.3 Å². The summed E-state index contributed by atoms with van der Waals surface area (Å²) in [5, 5.41) is 4.37. The molecule has 1 fully saturated rings. The molecule has 174 valence electrons. The highest BCUT2D eigenvalue weighted by molar-refractivity contribution is 5.65. The Morgan fingerprint density at radius 1 is 1.06 bits per heavy atom. The van der Waals surface area contributed by atoms with E-state index in [-0.39, 0.29) is 17.5 Å². The summed E-state index contributed by atoms with van der Waals surface area (Å²) in [6.45, 7) is 4.48. The van der Waals surface area contributed by atoms with Gasteiger partial charge in [0, 0.05) is 42.8 Å². The quantitative estimate of drug-likeness (QED) is 0.403. The van der Waals surface area contributed by atoms with Gasteiger partial charge in [0.2, 0.25) is 5.95 Å². The third-order valence-electron chi connectivity index (χ3n) is 6.52. The first-order chi connectivity index (χ1) is 16.4. The van der Waals surface area contributed by atoms with Crippen LogP contribution in [0.2, 0.25) is 0 Å². The minimum atomic E-state index is -0.291. The molecule has 3 heterocycles. The smallest absolute Gasteiger partial charge is 0.302 e. The van der Waals surface area contributed by atoms with E-state index in [2.05, 4.69) is 62.0 Å². The number of rotatable bonds is 8. The number of imidazole rings is 1. The Labute approximate surface area is 197 Å². The van der Waals surface area contributed by atoms with Crippen LogP contribution in [0.4, 0.5) is 5.95 Å². The Morgan fingerprint density at radius 2 is 1.79 bits per heavy atom. The number of carbonyl (C=O) groups is 1. The molecule has 1 saturated carbocycles. The first-order valence-corrected chi connectivity index (χ1v) is 11.3. The zero-order chi connectivity index (χ0) is 23.7. The molecule has 9 nitrogen and oxygen atoms in total. The van der Waals surface area contributed by atoms with E-state index in [1.165, 1.54) is 25.3 Å². The number of nitrogens with two attached hydrogens (primary N) is 1. The average molecular weight is 458 g/mol. The second kappa shape index (κ2) is 8.74. The standard InChI is InChI=1S/C25H27N7O2/c1-17(33)34-10-9-32-14-20(13-30-32)23-15-31(16-29-23)25(2,22-7-8-22)21-5-3-18(4-6-21)19-11-27-24(26)28-12-19/h3-6,11-16,22H,7-10H2,1-2H3,(H2,26,27,28)/t25-/m0/s1. The van der Waals surface area contributed by atoms with Crippen molar-refractivity contribution in [3.05, 3.63) is 67.1 Å². The summed E-state index contributed by atoms with van der Waals surface area (Å²) < 4.78 is 8.98. The van der Waals surface area contributed by atoms with Gasteiger partial charge in [0.1, 0.15) is 6.61 Å². The van der Waals surface area contributed by atoms with Crippen molar-refractivity contribution < 1.29 is 9.53 Å². The molecule has 0 spiro atoms. The minimum absolute atomic E-state index is 0.202. The first kappa shape index (κ1) is 21.8. The molecule has 1 aliphatic rings. The molecule has 0 unspecified atom stereocenters. The predicted molar refractivity (Wildman–Crippen MR) is 127 cm³/mol. The molecule has 0 bridgehead atoms. The van der Waals surface area contributed by atoms with Gasteiger partial charge in [0.25, 0.3) is 0 Å². The maximum Gasteiger partial charge on any atom is 0.302 e. The second-order valence-electron chi connectivity index (χ2n) is 8.83. The highest BCUT2D eigenvalue weighted by Gasteiger charge is 2.44. The molecule has 34 heavy (non-hydrogen) atoms. The number of esters is 1. The molecule has 1 atom stereocenters. The summed E-state index contributed by atoms with van der Waals surface area (Å²) in [5.41, 5.74) is 10.4. The Kier molecular flexibility index (Phi) is 5.61. The van der Waals surface area contributed by atoms with Crippen molar-refractivity contribution in [1.82, 2.24) is 29.3 Å². The molecular formula is C25H27N7O2. The summed E-state index contributed by atoms with van der Waals surface area (Å²) in [5.74, 6) is 0.527. The zero-order valence-corrected chi connectivity index (χ0v) is 19.3. The van der Waals surface area contributed by atoms with Gasteiger partial charge in [-0.1, -0.05) is 24.3 Å². The second-order valence-corrected chi connectivity index (χ2v) is 8.83. The molecule has 0 saturated heterocycles. The topological polar surface area (TPSA) is 114 Å². The number of anilines is 1. The maximum absolute atomic E-state index is 11.0. The summed E-state index contributed by atoms with van der Waals surface area (Å²) in [7, 11) is 0. The molecule has 0 aliphatic heterocycles. The van der Waals surface area contributed by atoms with Crippen molar-refractivity contribution in [2.24, 2.45) is 5.92 Å². The van der Waals surface area contributed by atoms with Crippen molar-refractivity contribution in [3.63, 3.8) is 0 Å². The number of aromatic nitrogens is 6. The largest absolute Gasteiger partial charge is 0.464 e. The van der Waals surface area contributed by atoms with E-state index >= 15 is 0 Å². The summed E-state index contributed by atoms with van der Waals surface area (Å²) >= 11 is 0. The lowest BCUT2D eigenvalue weighted by molar-refractivity contribution is -0.141. The van der Waals surface area contributed by atoms with Gasteiger partial charge >= 0.3 is 5.97 Å². The summed E-state index contributed by atoms with van der Waals surface area (Å²) in [6.07, 6.45) is 13.6. The van der Waals surface area contributed by atoms with Gasteiger partial charge in [-0.25, -0.2) is 15.0 Å². The van der Waals surface area contributed by atoms with Gasteiger partial charge in [0.15, 0.2) is 0 Å². The highest BCUT2D eigenvalue weighted by Crippen LogP contribution is 2.48. The van der Waals surface area contributed by atoms with E-state index in [9.17, 15) is 4.79 Å². The number of nitrogens with zero attached hydrogens (tertiary/aromatic N) is 6. The number of carbonyl (C=O) groups excluding carboxylic acids is 1. The van der Waals surface area contributed by atoms with E-state index in [1.807, 2.05) is 12.5 Å². The van der Waals surface area contributed by atoms with E-state index in [0.717, 1.165) is 22.4 Å². The monoisotopic (exact) mass is 457 g/mol. The van der Waals surface area contributed by atoms with E-state index < -0.39 is 0 Å². The van der Waals surface area contributed by atoms with Gasteiger partial charge in [-0.05, 0) is 36.8 Å². The van der Waals surface area contributed by atoms with Gasteiger partial charge in [-0.15, -0.1) is 0 Å². The van der Waals surface area contributed by atoms with Crippen molar-refractivity contribution in [3.8, 4) is 22.4 Å². The third kappa shape index (κ3) is 4.28. The van der Waals surface area contributed by atoms with E-state index in [4.69, 9.17) is 10.5 Å². The van der Waals surface area contributed by atoms with Gasteiger partial charge in [-0.3, -0.25) is 9.48 Å². The molecule has 9 heteroatoms. The van der Waals surface area contributed by atoms with Crippen molar-refractivity contribution in [1.29, 1.82) is 0 Å². The van der Waals surface area contributed by atoms with Crippen LogP contribution < -0.4 is 5.73 Å². The number of ether oxygens (including phenoxy) is 1.